The van der Waals surface area contributed by atoms with Crippen molar-refractivity contribution >= 4 is 23.0 Å². The van der Waals surface area contributed by atoms with E-state index < -0.39 is 0 Å². The summed E-state index contributed by atoms with van der Waals surface area (Å²) in [6, 6.07) is 9.76. The molecule has 0 saturated carbocycles. The highest BCUT2D eigenvalue weighted by molar-refractivity contribution is 7.13. The van der Waals surface area contributed by atoms with Gasteiger partial charge in [-0.05, 0) is 12.5 Å². The van der Waals surface area contributed by atoms with Crippen molar-refractivity contribution in [1.82, 2.24) is 0 Å². The van der Waals surface area contributed by atoms with E-state index in [9.17, 15) is 4.79 Å². The van der Waals surface area contributed by atoms with Crippen molar-refractivity contribution in [2.45, 2.75) is 6.92 Å². The number of anilines is 1. The summed E-state index contributed by atoms with van der Waals surface area (Å²) >= 11 is 1.32. The van der Waals surface area contributed by atoms with Crippen molar-refractivity contribution in [3.8, 4) is 11.1 Å². The van der Waals surface area contributed by atoms with Crippen LogP contribution in [-0.2, 0) is 4.74 Å². The third-order valence-electron chi connectivity index (χ3n) is 2.38. The first-order chi connectivity index (χ1) is 8.24. The van der Waals surface area contributed by atoms with Crippen molar-refractivity contribution in [3.05, 3.63) is 40.6 Å². The van der Waals surface area contributed by atoms with Crippen molar-refractivity contribution in [3.63, 3.8) is 0 Å². The van der Waals surface area contributed by atoms with Gasteiger partial charge in [0.1, 0.15) is 4.88 Å². The normalized spacial score (nSPS) is 10.2. The van der Waals surface area contributed by atoms with Gasteiger partial charge in [-0.2, -0.15) is 0 Å². The molecule has 0 atom stereocenters. The topological polar surface area (TPSA) is 52.3 Å². The molecule has 0 bridgehead atoms. The van der Waals surface area contributed by atoms with Gasteiger partial charge in [0.25, 0.3) is 0 Å². The summed E-state index contributed by atoms with van der Waals surface area (Å²) in [7, 11) is 0. The molecule has 0 fully saturated rings. The molecule has 0 aliphatic carbocycles. The van der Waals surface area contributed by atoms with Gasteiger partial charge in [-0.1, -0.05) is 30.3 Å². The first-order valence-corrected chi connectivity index (χ1v) is 6.21. The molecule has 17 heavy (non-hydrogen) atoms. The van der Waals surface area contributed by atoms with Crippen molar-refractivity contribution in [2.24, 2.45) is 0 Å². The van der Waals surface area contributed by atoms with Crippen LogP contribution >= 0.6 is 11.3 Å². The van der Waals surface area contributed by atoms with Gasteiger partial charge in [0, 0.05) is 10.9 Å². The maximum atomic E-state index is 11.6. The van der Waals surface area contributed by atoms with E-state index in [-0.39, 0.29) is 5.97 Å². The van der Waals surface area contributed by atoms with Crippen LogP contribution in [-0.4, -0.2) is 12.6 Å². The molecule has 2 N–H and O–H groups in total. The Balaban J connectivity index is 2.37. The quantitative estimate of drug-likeness (QED) is 0.847. The second-order valence-corrected chi connectivity index (χ2v) is 4.36. The van der Waals surface area contributed by atoms with Crippen molar-refractivity contribution in [1.29, 1.82) is 0 Å². The summed E-state index contributed by atoms with van der Waals surface area (Å²) in [6.07, 6.45) is 0. The molecule has 0 aliphatic rings. The highest BCUT2D eigenvalue weighted by Crippen LogP contribution is 2.34. The highest BCUT2D eigenvalue weighted by Gasteiger charge is 2.17. The molecule has 2 rings (SSSR count). The van der Waals surface area contributed by atoms with E-state index in [1.54, 1.807) is 6.92 Å². The third kappa shape index (κ3) is 2.31. The van der Waals surface area contributed by atoms with Gasteiger partial charge in [-0.15, -0.1) is 11.3 Å². The van der Waals surface area contributed by atoms with E-state index in [0.717, 1.165) is 11.1 Å². The number of nitrogen functional groups attached to an aromatic ring is 1. The second-order valence-electron chi connectivity index (χ2n) is 3.48. The van der Waals surface area contributed by atoms with Crippen LogP contribution in [0.1, 0.15) is 16.6 Å². The summed E-state index contributed by atoms with van der Waals surface area (Å²) < 4.78 is 4.95. The maximum absolute atomic E-state index is 11.6. The summed E-state index contributed by atoms with van der Waals surface area (Å²) in [4.78, 5) is 12.1. The van der Waals surface area contributed by atoms with Crippen LogP contribution in [0.5, 0.6) is 0 Å². The second kappa shape index (κ2) is 5.01. The molecule has 0 saturated heterocycles. The number of carbonyl (C=O) groups is 1. The Bertz CT molecular complexity index is 519. The molecule has 1 aromatic heterocycles. The number of ether oxygens (including phenoxy) is 1. The Morgan fingerprint density at radius 3 is 2.71 bits per heavy atom. The van der Waals surface area contributed by atoms with E-state index in [2.05, 4.69) is 0 Å². The van der Waals surface area contributed by atoms with Gasteiger partial charge in [0.15, 0.2) is 0 Å². The van der Waals surface area contributed by atoms with Gasteiger partial charge in [0.2, 0.25) is 0 Å². The maximum Gasteiger partial charge on any atom is 0.350 e. The van der Waals surface area contributed by atoms with Crippen LogP contribution in [0.15, 0.2) is 35.7 Å². The molecule has 0 spiro atoms. The zero-order chi connectivity index (χ0) is 12.3. The molecular weight excluding hydrogens is 234 g/mol. The molecule has 1 aromatic carbocycles. The fourth-order valence-corrected chi connectivity index (χ4v) is 2.45. The molecule has 4 heteroatoms. The molecule has 0 radical (unpaired) electrons. The number of thiophene rings is 1. The number of carbonyl (C=O) groups excluding carboxylic acids is 1. The number of benzene rings is 1. The van der Waals surface area contributed by atoms with E-state index in [0.29, 0.717) is 17.2 Å². The average Bonchev–Trinajstić information content (AvgIpc) is 2.72. The molecule has 1 heterocycles. The first-order valence-electron chi connectivity index (χ1n) is 5.33. The minimum atomic E-state index is -0.350. The Hall–Kier alpha value is -1.81. The first kappa shape index (κ1) is 11.7. The molecule has 0 unspecified atom stereocenters. The standard InChI is InChI=1S/C13H13NO2S/c1-2-16-13(15)12-11(14)10(8-17-12)9-6-4-3-5-7-9/h3-8H,2,14H2,1H3. The average molecular weight is 247 g/mol. The van der Waals surface area contributed by atoms with Crippen molar-refractivity contribution in [2.75, 3.05) is 12.3 Å². The fraction of sp³-hybridized carbons (Fsp3) is 0.154. The summed E-state index contributed by atoms with van der Waals surface area (Å²) in [5.74, 6) is -0.350. The lowest BCUT2D eigenvalue weighted by molar-refractivity contribution is 0.0533. The minimum Gasteiger partial charge on any atom is -0.462 e. The lowest BCUT2D eigenvalue weighted by atomic mass is 10.1. The number of hydrogen-bond acceptors (Lipinski definition) is 4. The predicted molar refractivity (Wildman–Crippen MR) is 70.1 cm³/mol. The van der Waals surface area contributed by atoms with Gasteiger partial charge >= 0.3 is 5.97 Å². The van der Waals surface area contributed by atoms with E-state index in [1.807, 2.05) is 35.7 Å². The Labute approximate surface area is 104 Å². The molecular formula is C13H13NO2S. The van der Waals surface area contributed by atoms with E-state index in [4.69, 9.17) is 10.5 Å². The van der Waals surface area contributed by atoms with Crippen LogP contribution in [0.2, 0.25) is 0 Å². The molecule has 0 aliphatic heterocycles. The lowest BCUT2D eigenvalue weighted by Gasteiger charge is -2.02. The van der Waals surface area contributed by atoms with E-state index in [1.165, 1.54) is 11.3 Å². The van der Waals surface area contributed by atoms with Crippen LogP contribution in [0.25, 0.3) is 11.1 Å². The Kier molecular flexibility index (Phi) is 3.44. The van der Waals surface area contributed by atoms with Crippen molar-refractivity contribution < 1.29 is 9.53 Å². The number of rotatable bonds is 3. The van der Waals surface area contributed by atoms with E-state index >= 15 is 0 Å². The van der Waals surface area contributed by atoms with Gasteiger partial charge in [-0.25, -0.2) is 4.79 Å². The largest absolute Gasteiger partial charge is 0.462 e. The lowest BCUT2D eigenvalue weighted by Crippen LogP contribution is -2.05. The third-order valence-corrected chi connectivity index (χ3v) is 3.35. The van der Waals surface area contributed by atoms with Gasteiger partial charge in [0.05, 0.1) is 12.3 Å². The van der Waals surface area contributed by atoms with Gasteiger partial charge in [-0.3, -0.25) is 0 Å². The molecule has 3 nitrogen and oxygen atoms in total. The summed E-state index contributed by atoms with van der Waals surface area (Å²) in [5, 5.41) is 1.89. The zero-order valence-electron chi connectivity index (χ0n) is 9.47. The Morgan fingerprint density at radius 2 is 2.06 bits per heavy atom. The summed E-state index contributed by atoms with van der Waals surface area (Å²) in [6.45, 7) is 2.14. The number of hydrogen-bond donors (Lipinski definition) is 1. The predicted octanol–water partition coefficient (Wildman–Crippen LogP) is 3.17. The van der Waals surface area contributed by atoms with Gasteiger partial charge < -0.3 is 10.5 Å². The molecule has 0 amide bonds. The SMILES string of the molecule is CCOC(=O)c1scc(-c2ccccc2)c1N. The number of esters is 1. The molecule has 88 valence electrons. The zero-order valence-corrected chi connectivity index (χ0v) is 10.3. The smallest absolute Gasteiger partial charge is 0.350 e. The molecule has 2 aromatic rings. The number of nitrogens with two attached hydrogens (primary N) is 1. The summed E-state index contributed by atoms with van der Waals surface area (Å²) in [5.41, 5.74) is 8.37. The van der Waals surface area contributed by atoms with Crippen LogP contribution in [0, 0.1) is 0 Å². The van der Waals surface area contributed by atoms with Crippen LogP contribution in [0.4, 0.5) is 5.69 Å². The fourth-order valence-electron chi connectivity index (χ4n) is 1.56. The van der Waals surface area contributed by atoms with Crippen LogP contribution in [0.3, 0.4) is 0 Å². The minimum absolute atomic E-state index is 0.350. The monoisotopic (exact) mass is 247 g/mol. The van der Waals surface area contributed by atoms with Crippen LogP contribution < -0.4 is 5.73 Å². The Morgan fingerprint density at radius 1 is 1.35 bits per heavy atom. The highest BCUT2D eigenvalue weighted by atomic mass is 32.1.